The molecule has 0 spiro atoms. The first-order chi connectivity index (χ1) is 30.5. The molecule has 6 aromatic rings. The van der Waals surface area contributed by atoms with Crippen LogP contribution in [0.2, 0.25) is 10.0 Å². The molecule has 0 aliphatic rings. The summed E-state index contributed by atoms with van der Waals surface area (Å²) in [6, 6.07) is 15.0. The molecule has 0 aliphatic carbocycles. The highest BCUT2D eigenvalue weighted by molar-refractivity contribution is 6.31. The lowest BCUT2D eigenvalue weighted by Gasteiger charge is -2.18. The average Bonchev–Trinajstić information content (AvgIpc) is 3.28. The number of benzene rings is 2. The molecule has 0 aliphatic heterocycles. The van der Waals surface area contributed by atoms with Crippen LogP contribution in [-0.4, -0.2) is 74.4 Å². The van der Waals surface area contributed by atoms with Gasteiger partial charge in [0.05, 0.1) is 48.6 Å². The van der Waals surface area contributed by atoms with Gasteiger partial charge in [0, 0.05) is 81.8 Å². The largest absolute Gasteiger partial charge is 0.465 e. The number of aliphatic hydroxyl groups excluding tert-OH is 2. The van der Waals surface area contributed by atoms with Crippen molar-refractivity contribution in [3.05, 3.63) is 142 Å². The lowest BCUT2D eigenvalue weighted by Crippen LogP contribution is -2.35. The number of nitrogens with zero attached hydrogens (tertiary/aromatic N) is 4. The first kappa shape index (κ1) is 50.5. The predicted molar refractivity (Wildman–Crippen MR) is 249 cm³/mol. The lowest BCUT2D eigenvalue weighted by molar-refractivity contribution is 0.0601. The van der Waals surface area contributed by atoms with Crippen molar-refractivity contribution in [3.63, 3.8) is 0 Å². The standard InChI is InChI=1S/C23H24ClFN4O2.C21H19ClFN3O2.C3H9NO/c1-13(2)17-11-27-21(16-8-15(24)4-5-19(16)25)9-22(17)29-20-6-7-26-10-18(20)23(31)28-14(3)12-30;1-12(2)15-11-25-19(14-8-13(22)4-5-17(14)23)9-20(15)26-18-6-7-24-10-16(18)21(27)28-3;1-3(4)2-5/h4-11,13-14,30H,12H2,1-3H3,(H,28,31)(H,26,27,29);4-12H,1-3H3,(H,24,25,26);3,5H,2,4H2,1H3/t14-;;3-/m0.0/s1. The average molecular weight is 918 g/mol. The van der Waals surface area contributed by atoms with Gasteiger partial charge in [0.1, 0.15) is 17.2 Å². The number of carbonyl (C=O) groups excluding carboxylic acids is 2. The molecule has 0 fully saturated rings. The first-order valence-electron chi connectivity index (χ1n) is 20.2. The van der Waals surface area contributed by atoms with Crippen LogP contribution in [0.3, 0.4) is 0 Å². The van der Waals surface area contributed by atoms with Crippen molar-refractivity contribution < 1.29 is 33.3 Å². The number of aliphatic hydroxyl groups is 2. The van der Waals surface area contributed by atoms with E-state index >= 15 is 0 Å². The van der Waals surface area contributed by atoms with Crippen molar-refractivity contribution in [3.8, 4) is 22.5 Å². The number of amides is 1. The Morgan fingerprint density at radius 2 is 1.11 bits per heavy atom. The quantitative estimate of drug-likeness (QED) is 0.0601. The molecule has 13 nitrogen and oxygen atoms in total. The Hall–Kier alpha value is -6.10. The summed E-state index contributed by atoms with van der Waals surface area (Å²) in [5.74, 6) is -1.44. The van der Waals surface area contributed by atoms with Crippen LogP contribution < -0.4 is 21.7 Å². The maximum Gasteiger partial charge on any atom is 0.341 e. The number of esters is 1. The highest BCUT2D eigenvalue weighted by Gasteiger charge is 2.19. The van der Waals surface area contributed by atoms with Gasteiger partial charge in [0.2, 0.25) is 0 Å². The number of anilines is 4. The summed E-state index contributed by atoms with van der Waals surface area (Å²) in [7, 11) is 1.31. The zero-order chi connectivity index (χ0) is 47.1. The van der Waals surface area contributed by atoms with Crippen molar-refractivity contribution in [1.29, 1.82) is 0 Å². The van der Waals surface area contributed by atoms with Crippen LogP contribution in [0.4, 0.5) is 31.5 Å². The monoisotopic (exact) mass is 916 g/mol. The van der Waals surface area contributed by atoms with Gasteiger partial charge in [-0.3, -0.25) is 24.7 Å². The summed E-state index contributed by atoms with van der Waals surface area (Å²) < 4.78 is 33.5. The van der Waals surface area contributed by atoms with Gasteiger partial charge in [0.15, 0.2) is 0 Å². The van der Waals surface area contributed by atoms with E-state index in [1.54, 1.807) is 62.9 Å². The molecule has 2 aromatic carbocycles. The van der Waals surface area contributed by atoms with Crippen LogP contribution >= 0.6 is 23.2 Å². The normalized spacial score (nSPS) is 11.7. The molecule has 338 valence electrons. The molecule has 0 saturated heterocycles. The fourth-order valence-electron chi connectivity index (χ4n) is 5.85. The number of nitrogens with two attached hydrogens (primary N) is 1. The number of hydrogen-bond acceptors (Lipinski definition) is 12. The summed E-state index contributed by atoms with van der Waals surface area (Å²) >= 11 is 12.1. The Morgan fingerprint density at radius 1 is 0.672 bits per heavy atom. The molecule has 4 aromatic heterocycles. The SMILES string of the molecule is CC(C)c1cnc(-c2cc(Cl)ccc2F)cc1Nc1ccncc1C(=O)N[C@@H](C)CO.COC(=O)c1cnccc1Nc1cc(-c2cc(Cl)ccc2F)ncc1C(C)C.C[C@H](N)CO. The second-order valence-electron chi connectivity index (χ2n) is 15.2. The third-order valence-corrected chi connectivity index (χ3v) is 9.76. The minimum atomic E-state index is -0.503. The van der Waals surface area contributed by atoms with E-state index in [9.17, 15) is 23.5 Å². The minimum Gasteiger partial charge on any atom is -0.465 e. The van der Waals surface area contributed by atoms with Gasteiger partial charge in [0.25, 0.3) is 5.91 Å². The number of methoxy groups -OCH3 is 1. The van der Waals surface area contributed by atoms with Gasteiger partial charge >= 0.3 is 5.97 Å². The van der Waals surface area contributed by atoms with Crippen molar-refractivity contribution in [2.24, 2.45) is 5.73 Å². The molecule has 64 heavy (non-hydrogen) atoms. The number of carbonyl (C=O) groups is 2. The highest BCUT2D eigenvalue weighted by Crippen LogP contribution is 2.35. The number of nitrogens with one attached hydrogen (secondary N) is 3. The highest BCUT2D eigenvalue weighted by atomic mass is 35.5. The molecular weight excluding hydrogens is 865 g/mol. The number of rotatable bonds is 13. The van der Waals surface area contributed by atoms with Gasteiger partial charge in [-0.2, -0.15) is 0 Å². The third kappa shape index (κ3) is 13.9. The summed E-state index contributed by atoms with van der Waals surface area (Å²) in [5.41, 5.74) is 11.4. The molecule has 0 saturated carbocycles. The number of aromatic nitrogens is 4. The molecule has 0 radical (unpaired) electrons. The van der Waals surface area contributed by atoms with Crippen LogP contribution in [0.5, 0.6) is 0 Å². The van der Waals surface area contributed by atoms with Crippen molar-refractivity contribution in [2.75, 3.05) is 31.0 Å². The van der Waals surface area contributed by atoms with Gasteiger partial charge in [-0.25, -0.2) is 13.6 Å². The van der Waals surface area contributed by atoms with E-state index in [1.807, 2.05) is 27.7 Å². The summed E-state index contributed by atoms with van der Waals surface area (Å²) in [5, 5.41) is 27.3. The van der Waals surface area contributed by atoms with Gasteiger partial charge in [-0.15, -0.1) is 0 Å². The van der Waals surface area contributed by atoms with Crippen molar-refractivity contribution in [2.45, 2.75) is 65.5 Å². The van der Waals surface area contributed by atoms with E-state index < -0.39 is 23.6 Å². The first-order valence-corrected chi connectivity index (χ1v) is 20.9. The number of pyridine rings is 4. The summed E-state index contributed by atoms with van der Waals surface area (Å²) in [6.45, 7) is 11.4. The van der Waals surface area contributed by atoms with Crippen molar-refractivity contribution in [1.82, 2.24) is 25.3 Å². The van der Waals surface area contributed by atoms with E-state index in [2.05, 4.69) is 35.9 Å². The number of ether oxygens (including phenoxy) is 1. The molecule has 0 bridgehead atoms. The van der Waals surface area contributed by atoms with Gasteiger partial charge in [-0.05, 0) is 97.5 Å². The van der Waals surface area contributed by atoms with E-state index in [4.69, 9.17) is 38.8 Å². The summed E-state index contributed by atoms with van der Waals surface area (Å²) in [6.07, 6.45) is 9.42. The maximum absolute atomic E-state index is 14.4. The topological polar surface area (TPSA) is 198 Å². The fraction of sp³-hybridized carbons (Fsp3) is 0.277. The van der Waals surface area contributed by atoms with Crippen LogP contribution in [-0.2, 0) is 4.74 Å². The third-order valence-electron chi connectivity index (χ3n) is 9.29. The van der Waals surface area contributed by atoms with Crippen molar-refractivity contribution >= 4 is 57.8 Å². The number of halogens is 4. The van der Waals surface area contributed by atoms with E-state index in [0.717, 1.165) is 11.1 Å². The Labute approximate surface area is 381 Å². The lowest BCUT2D eigenvalue weighted by atomic mass is 10.0. The Kier molecular flexibility index (Phi) is 19.0. The Balaban J connectivity index is 0.000000255. The van der Waals surface area contributed by atoms with E-state index in [0.29, 0.717) is 60.9 Å². The van der Waals surface area contributed by atoms with Crippen LogP contribution in [0.15, 0.2) is 97.8 Å². The molecule has 6 rings (SSSR count). The van der Waals surface area contributed by atoms with E-state index in [1.165, 1.54) is 55.9 Å². The molecule has 17 heteroatoms. The molecule has 2 atom stereocenters. The Morgan fingerprint density at radius 3 is 1.52 bits per heavy atom. The number of hydrogen-bond donors (Lipinski definition) is 6. The molecule has 4 heterocycles. The molecule has 7 N–H and O–H groups in total. The van der Waals surface area contributed by atoms with E-state index in [-0.39, 0.29) is 42.6 Å². The van der Waals surface area contributed by atoms with Crippen LogP contribution in [0, 0.1) is 11.6 Å². The van der Waals surface area contributed by atoms with Crippen LogP contribution in [0.25, 0.3) is 22.5 Å². The second kappa shape index (κ2) is 24.1. The van der Waals surface area contributed by atoms with Crippen LogP contribution in [0.1, 0.15) is 85.2 Å². The Bertz CT molecular complexity index is 2530. The second-order valence-corrected chi connectivity index (χ2v) is 16.0. The zero-order valence-corrected chi connectivity index (χ0v) is 38.0. The fourth-order valence-corrected chi connectivity index (χ4v) is 6.19. The predicted octanol–water partition coefficient (Wildman–Crippen LogP) is 9.83. The minimum absolute atomic E-state index is 0.0602. The zero-order valence-electron chi connectivity index (χ0n) is 36.5. The summed E-state index contributed by atoms with van der Waals surface area (Å²) in [4.78, 5) is 41.5. The van der Waals surface area contributed by atoms with Gasteiger partial charge in [-0.1, -0.05) is 50.9 Å². The molecular formula is C47H52Cl2F2N8O5. The smallest absolute Gasteiger partial charge is 0.341 e. The maximum atomic E-state index is 14.4. The molecule has 0 unspecified atom stereocenters. The molecule has 1 amide bonds. The van der Waals surface area contributed by atoms with Gasteiger partial charge < -0.3 is 36.6 Å².